The standard InChI is InChI=1S/C8H6ClNS/c1-5-4-11-7-2-6(9)3-10-8(5)7/h2-4H,1H3. The van der Waals surface area contributed by atoms with Gasteiger partial charge in [0.15, 0.2) is 0 Å². The number of hydrogen-bond acceptors (Lipinski definition) is 2. The third-order valence-corrected chi connectivity index (χ3v) is 2.80. The highest BCUT2D eigenvalue weighted by atomic mass is 35.5. The molecule has 0 aromatic carbocycles. The Morgan fingerprint density at radius 2 is 2.36 bits per heavy atom. The molecule has 0 saturated heterocycles. The normalized spacial score (nSPS) is 10.7. The summed E-state index contributed by atoms with van der Waals surface area (Å²) in [5, 5.41) is 2.80. The number of aromatic nitrogens is 1. The molecule has 2 rings (SSSR count). The number of rotatable bonds is 0. The lowest BCUT2D eigenvalue weighted by Crippen LogP contribution is -1.74. The monoisotopic (exact) mass is 183 g/mol. The van der Waals surface area contributed by atoms with Crippen LogP contribution in [0.5, 0.6) is 0 Å². The molecule has 0 unspecified atom stereocenters. The number of halogens is 1. The molecule has 56 valence electrons. The fourth-order valence-electron chi connectivity index (χ4n) is 1.01. The highest BCUT2D eigenvalue weighted by molar-refractivity contribution is 7.17. The summed E-state index contributed by atoms with van der Waals surface area (Å²) < 4.78 is 1.16. The Morgan fingerprint density at radius 1 is 1.55 bits per heavy atom. The maximum atomic E-state index is 5.77. The minimum absolute atomic E-state index is 0.708. The van der Waals surface area contributed by atoms with E-state index in [9.17, 15) is 0 Å². The number of nitrogens with zero attached hydrogens (tertiary/aromatic N) is 1. The Labute approximate surface area is 73.6 Å². The van der Waals surface area contributed by atoms with Gasteiger partial charge in [-0.1, -0.05) is 11.6 Å². The predicted octanol–water partition coefficient (Wildman–Crippen LogP) is 3.26. The summed E-state index contributed by atoms with van der Waals surface area (Å²) in [5.74, 6) is 0. The lowest BCUT2D eigenvalue weighted by Gasteiger charge is -1.90. The van der Waals surface area contributed by atoms with Crippen molar-refractivity contribution >= 4 is 33.2 Å². The summed E-state index contributed by atoms with van der Waals surface area (Å²) in [7, 11) is 0. The van der Waals surface area contributed by atoms with Crippen molar-refractivity contribution in [3.05, 3.63) is 28.2 Å². The third-order valence-electron chi connectivity index (χ3n) is 1.56. The van der Waals surface area contributed by atoms with Gasteiger partial charge in [-0.3, -0.25) is 4.98 Å². The third kappa shape index (κ3) is 1.12. The Balaban J connectivity index is 2.86. The molecule has 2 aromatic rings. The number of pyridine rings is 1. The van der Waals surface area contributed by atoms with Gasteiger partial charge in [0.25, 0.3) is 0 Å². The van der Waals surface area contributed by atoms with Crippen LogP contribution in [0.25, 0.3) is 10.2 Å². The predicted molar refractivity (Wildman–Crippen MR) is 49.4 cm³/mol. The SMILES string of the molecule is Cc1csc2cc(Cl)cnc12. The highest BCUT2D eigenvalue weighted by Gasteiger charge is 2.00. The lowest BCUT2D eigenvalue weighted by molar-refractivity contribution is 1.39. The topological polar surface area (TPSA) is 12.9 Å². The van der Waals surface area contributed by atoms with Crippen LogP contribution in [-0.2, 0) is 0 Å². The van der Waals surface area contributed by atoms with Gasteiger partial charge in [-0.25, -0.2) is 0 Å². The van der Waals surface area contributed by atoms with E-state index in [2.05, 4.69) is 17.3 Å². The molecule has 0 atom stereocenters. The van der Waals surface area contributed by atoms with Crippen molar-refractivity contribution < 1.29 is 0 Å². The van der Waals surface area contributed by atoms with E-state index in [-0.39, 0.29) is 0 Å². The Kier molecular flexibility index (Phi) is 1.59. The Bertz CT molecular complexity index is 394. The molecule has 0 bridgehead atoms. The maximum absolute atomic E-state index is 5.77. The molecule has 2 aromatic heterocycles. The second-order valence-corrected chi connectivity index (χ2v) is 3.77. The summed E-state index contributed by atoms with van der Waals surface area (Å²) in [6.45, 7) is 2.06. The fraction of sp³-hybridized carbons (Fsp3) is 0.125. The van der Waals surface area contributed by atoms with Gasteiger partial charge in [0.1, 0.15) is 0 Å². The van der Waals surface area contributed by atoms with Gasteiger partial charge in [0.05, 0.1) is 15.2 Å². The molecule has 0 N–H and O–H groups in total. The van der Waals surface area contributed by atoms with Crippen LogP contribution in [0.15, 0.2) is 17.6 Å². The molecule has 0 aliphatic rings. The van der Waals surface area contributed by atoms with Crippen LogP contribution in [-0.4, -0.2) is 4.98 Å². The first-order valence-corrected chi connectivity index (χ1v) is 4.52. The molecule has 11 heavy (non-hydrogen) atoms. The van der Waals surface area contributed by atoms with Crippen LogP contribution < -0.4 is 0 Å². The van der Waals surface area contributed by atoms with E-state index >= 15 is 0 Å². The zero-order valence-electron chi connectivity index (χ0n) is 5.97. The largest absolute Gasteiger partial charge is 0.254 e. The van der Waals surface area contributed by atoms with Crippen LogP contribution in [0, 0.1) is 6.92 Å². The summed E-state index contributed by atoms with van der Waals surface area (Å²) >= 11 is 7.45. The van der Waals surface area contributed by atoms with Crippen molar-refractivity contribution in [2.45, 2.75) is 6.92 Å². The first kappa shape index (κ1) is 7.07. The molecule has 0 amide bonds. The smallest absolute Gasteiger partial charge is 0.0839 e. The van der Waals surface area contributed by atoms with Crippen molar-refractivity contribution in [1.29, 1.82) is 0 Å². The second-order valence-electron chi connectivity index (χ2n) is 2.42. The van der Waals surface area contributed by atoms with Crippen LogP contribution in [0.1, 0.15) is 5.56 Å². The summed E-state index contributed by atoms with van der Waals surface area (Å²) in [4.78, 5) is 4.22. The molecule has 0 aliphatic carbocycles. The van der Waals surface area contributed by atoms with Crippen LogP contribution >= 0.6 is 22.9 Å². The number of aryl methyl sites for hydroxylation is 1. The van der Waals surface area contributed by atoms with E-state index in [1.54, 1.807) is 17.5 Å². The quantitative estimate of drug-likeness (QED) is 0.611. The number of thiophene rings is 1. The summed E-state index contributed by atoms with van der Waals surface area (Å²) in [5.41, 5.74) is 2.29. The zero-order chi connectivity index (χ0) is 7.84. The minimum atomic E-state index is 0.708. The van der Waals surface area contributed by atoms with Crippen molar-refractivity contribution in [1.82, 2.24) is 4.98 Å². The summed E-state index contributed by atoms with van der Waals surface area (Å²) in [6.07, 6.45) is 1.68. The van der Waals surface area contributed by atoms with E-state index in [1.165, 1.54) is 5.56 Å². The molecular weight excluding hydrogens is 178 g/mol. The highest BCUT2D eigenvalue weighted by Crippen LogP contribution is 2.25. The number of fused-ring (bicyclic) bond motifs is 1. The van der Waals surface area contributed by atoms with Gasteiger partial charge in [-0.15, -0.1) is 11.3 Å². The molecular formula is C8H6ClNS. The molecule has 3 heteroatoms. The average Bonchev–Trinajstić information content (AvgIpc) is 2.32. The van der Waals surface area contributed by atoms with Crippen molar-refractivity contribution in [3.8, 4) is 0 Å². The van der Waals surface area contributed by atoms with Gasteiger partial charge in [0.2, 0.25) is 0 Å². The zero-order valence-corrected chi connectivity index (χ0v) is 7.54. The first-order chi connectivity index (χ1) is 5.27. The van der Waals surface area contributed by atoms with Crippen LogP contribution in [0.3, 0.4) is 0 Å². The molecule has 2 heterocycles. The molecule has 0 fully saturated rings. The molecule has 0 radical (unpaired) electrons. The Morgan fingerprint density at radius 3 is 3.18 bits per heavy atom. The second kappa shape index (κ2) is 2.47. The van der Waals surface area contributed by atoms with Crippen LogP contribution in [0.2, 0.25) is 5.02 Å². The van der Waals surface area contributed by atoms with Gasteiger partial charge in [-0.2, -0.15) is 0 Å². The fourth-order valence-corrected chi connectivity index (χ4v) is 2.17. The first-order valence-electron chi connectivity index (χ1n) is 3.27. The van der Waals surface area contributed by atoms with E-state index in [0.29, 0.717) is 5.02 Å². The van der Waals surface area contributed by atoms with Crippen LogP contribution in [0.4, 0.5) is 0 Å². The van der Waals surface area contributed by atoms with Gasteiger partial charge < -0.3 is 0 Å². The lowest BCUT2D eigenvalue weighted by atomic mass is 10.3. The molecule has 1 nitrogen and oxygen atoms in total. The summed E-state index contributed by atoms with van der Waals surface area (Å²) in [6, 6.07) is 1.95. The van der Waals surface area contributed by atoms with Gasteiger partial charge in [0, 0.05) is 6.20 Å². The van der Waals surface area contributed by atoms with Gasteiger partial charge in [-0.05, 0) is 23.9 Å². The van der Waals surface area contributed by atoms with E-state index in [4.69, 9.17) is 11.6 Å². The maximum Gasteiger partial charge on any atom is 0.0839 e. The van der Waals surface area contributed by atoms with Gasteiger partial charge >= 0.3 is 0 Å². The molecule has 0 spiro atoms. The average molecular weight is 184 g/mol. The number of hydrogen-bond donors (Lipinski definition) is 0. The molecule has 0 saturated carbocycles. The van der Waals surface area contributed by atoms with E-state index in [0.717, 1.165) is 10.2 Å². The van der Waals surface area contributed by atoms with E-state index < -0.39 is 0 Å². The molecule has 0 aliphatic heterocycles. The van der Waals surface area contributed by atoms with E-state index in [1.807, 2.05) is 6.07 Å². The van der Waals surface area contributed by atoms with Crippen molar-refractivity contribution in [3.63, 3.8) is 0 Å². The van der Waals surface area contributed by atoms with Crippen molar-refractivity contribution in [2.75, 3.05) is 0 Å². The van der Waals surface area contributed by atoms with Crippen molar-refractivity contribution in [2.24, 2.45) is 0 Å². The Hall–Kier alpha value is -0.600. The minimum Gasteiger partial charge on any atom is -0.254 e.